The Kier molecular flexibility index (Phi) is 4.62. The number of nitrogens with two attached hydrogens (primary N) is 1. The van der Waals surface area contributed by atoms with Crippen molar-refractivity contribution < 1.29 is 4.79 Å². The number of benzene rings is 1. The van der Waals surface area contributed by atoms with Gasteiger partial charge in [-0.25, -0.2) is 0 Å². The molecule has 1 aliphatic rings. The first-order valence-electron chi connectivity index (χ1n) is 6.86. The van der Waals surface area contributed by atoms with Crippen molar-refractivity contribution >= 4 is 11.6 Å². The second-order valence-electron chi connectivity index (χ2n) is 5.13. The lowest BCUT2D eigenvalue weighted by atomic mass is 10.1. The van der Waals surface area contributed by atoms with Crippen LogP contribution in [0.4, 0.5) is 5.69 Å². The minimum absolute atomic E-state index is 0.133. The molecule has 0 spiro atoms. The molecule has 1 fully saturated rings. The fourth-order valence-corrected chi connectivity index (χ4v) is 2.12. The van der Waals surface area contributed by atoms with E-state index in [1.807, 2.05) is 24.3 Å². The Balaban J connectivity index is 1.60. The molecule has 0 aromatic heterocycles. The zero-order valence-corrected chi connectivity index (χ0v) is 10.8. The summed E-state index contributed by atoms with van der Waals surface area (Å²) < 4.78 is 0. The number of carbonyl (C=O) groups excluding carboxylic acids is 1. The number of aryl methyl sites for hydroxylation is 1. The van der Waals surface area contributed by atoms with Gasteiger partial charge in [-0.15, -0.1) is 0 Å². The lowest BCUT2D eigenvalue weighted by Crippen LogP contribution is -2.24. The van der Waals surface area contributed by atoms with E-state index in [4.69, 9.17) is 5.73 Å². The number of rotatable bonds is 7. The van der Waals surface area contributed by atoms with E-state index in [1.165, 1.54) is 19.3 Å². The summed E-state index contributed by atoms with van der Waals surface area (Å²) in [5.74, 6) is 1.08. The number of hydrogen-bond acceptors (Lipinski definition) is 2. The summed E-state index contributed by atoms with van der Waals surface area (Å²) in [7, 11) is 0. The number of amides is 1. The van der Waals surface area contributed by atoms with Crippen LogP contribution in [0.1, 0.15) is 37.7 Å². The molecule has 0 aliphatic heterocycles. The topological polar surface area (TPSA) is 55.1 Å². The van der Waals surface area contributed by atoms with E-state index in [2.05, 4.69) is 5.32 Å². The highest BCUT2D eigenvalue weighted by Gasteiger charge is 2.20. The van der Waals surface area contributed by atoms with Crippen LogP contribution in [0.25, 0.3) is 0 Å². The normalized spacial score (nSPS) is 14.4. The molecule has 0 bridgehead atoms. The molecular weight excluding hydrogens is 224 g/mol. The molecule has 0 atom stereocenters. The largest absolute Gasteiger partial charge is 0.399 e. The lowest BCUT2D eigenvalue weighted by molar-refractivity contribution is -0.121. The molecule has 0 unspecified atom stereocenters. The number of para-hydroxylation sites is 1. The van der Waals surface area contributed by atoms with E-state index in [0.29, 0.717) is 6.42 Å². The monoisotopic (exact) mass is 246 g/mol. The van der Waals surface area contributed by atoms with Gasteiger partial charge in [0.1, 0.15) is 0 Å². The van der Waals surface area contributed by atoms with Crippen LogP contribution in [-0.2, 0) is 11.2 Å². The van der Waals surface area contributed by atoms with Crippen molar-refractivity contribution in [2.75, 3.05) is 12.3 Å². The zero-order valence-electron chi connectivity index (χ0n) is 10.8. The van der Waals surface area contributed by atoms with E-state index in [-0.39, 0.29) is 5.91 Å². The molecule has 98 valence electrons. The number of carbonyl (C=O) groups is 1. The van der Waals surface area contributed by atoms with Gasteiger partial charge in [0.05, 0.1) is 0 Å². The van der Waals surface area contributed by atoms with E-state index in [9.17, 15) is 4.79 Å². The van der Waals surface area contributed by atoms with Crippen molar-refractivity contribution in [3.05, 3.63) is 29.8 Å². The fraction of sp³-hybridized carbons (Fsp3) is 0.533. The second kappa shape index (κ2) is 6.43. The maximum absolute atomic E-state index is 11.6. The third-order valence-electron chi connectivity index (χ3n) is 3.48. The van der Waals surface area contributed by atoms with Crippen LogP contribution in [0.5, 0.6) is 0 Å². The van der Waals surface area contributed by atoms with Gasteiger partial charge in [-0.3, -0.25) is 4.79 Å². The smallest absolute Gasteiger partial charge is 0.220 e. The van der Waals surface area contributed by atoms with Gasteiger partial charge < -0.3 is 11.1 Å². The highest BCUT2D eigenvalue weighted by molar-refractivity contribution is 5.76. The molecule has 2 rings (SSSR count). The third-order valence-corrected chi connectivity index (χ3v) is 3.48. The standard InChI is InChI=1S/C15H22N2O/c16-14-6-2-1-5-13(14)9-10-15(18)17-11-3-4-12-7-8-12/h1-2,5-6,12H,3-4,7-11,16H2,(H,17,18). The Morgan fingerprint density at radius 2 is 2.11 bits per heavy atom. The van der Waals surface area contributed by atoms with Crippen LogP contribution in [-0.4, -0.2) is 12.5 Å². The quantitative estimate of drug-likeness (QED) is 0.573. The Bertz CT molecular complexity index is 399. The molecule has 1 amide bonds. The summed E-state index contributed by atoms with van der Waals surface area (Å²) in [4.78, 5) is 11.6. The predicted molar refractivity (Wildman–Crippen MR) is 74.1 cm³/mol. The Hall–Kier alpha value is -1.51. The zero-order chi connectivity index (χ0) is 12.8. The highest BCUT2D eigenvalue weighted by atomic mass is 16.1. The average molecular weight is 246 g/mol. The minimum atomic E-state index is 0.133. The molecule has 0 radical (unpaired) electrons. The molecule has 1 saturated carbocycles. The molecule has 1 aromatic rings. The highest BCUT2D eigenvalue weighted by Crippen LogP contribution is 2.33. The number of nitrogens with one attached hydrogen (secondary N) is 1. The molecular formula is C15H22N2O. The second-order valence-corrected chi connectivity index (χ2v) is 5.13. The molecule has 0 heterocycles. The summed E-state index contributed by atoms with van der Waals surface area (Å²) in [6.45, 7) is 0.819. The van der Waals surface area contributed by atoms with Gasteiger partial charge in [0.2, 0.25) is 5.91 Å². The number of nitrogen functional groups attached to an aromatic ring is 1. The first kappa shape index (κ1) is 12.9. The van der Waals surface area contributed by atoms with Gasteiger partial charge in [0.15, 0.2) is 0 Å². The summed E-state index contributed by atoms with van der Waals surface area (Å²) in [5.41, 5.74) is 7.67. The van der Waals surface area contributed by atoms with E-state index >= 15 is 0 Å². The lowest BCUT2D eigenvalue weighted by Gasteiger charge is -2.06. The number of anilines is 1. The van der Waals surface area contributed by atoms with E-state index in [1.54, 1.807) is 0 Å². The van der Waals surface area contributed by atoms with Crippen LogP contribution in [0, 0.1) is 5.92 Å². The fourth-order valence-electron chi connectivity index (χ4n) is 2.12. The molecule has 0 saturated heterocycles. The number of hydrogen-bond donors (Lipinski definition) is 2. The van der Waals surface area contributed by atoms with Gasteiger partial charge in [0.25, 0.3) is 0 Å². The summed E-state index contributed by atoms with van der Waals surface area (Å²) in [5, 5.41) is 2.98. The van der Waals surface area contributed by atoms with Gasteiger partial charge in [-0.05, 0) is 36.8 Å². The molecule has 18 heavy (non-hydrogen) atoms. The Morgan fingerprint density at radius 1 is 1.33 bits per heavy atom. The maximum atomic E-state index is 11.6. The van der Waals surface area contributed by atoms with Crippen molar-refractivity contribution in [2.24, 2.45) is 5.92 Å². The molecule has 3 heteroatoms. The van der Waals surface area contributed by atoms with Gasteiger partial charge in [-0.1, -0.05) is 31.0 Å². The van der Waals surface area contributed by atoms with Crippen molar-refractivity contribution in [3.63, 3.8) is 0 Å². The summed E-state index contributed by atoms with van der Waals surface area (Å²) in [6, 6.07) is 7.73. The van der Waals surface area contributed by atoms with Crippen LogP contribution in [0.15, 0.2) is 24.3 Å². The van der Waals surface area contributed by atoms with Crippen molar-refractivity contribution in [1.82, 2.24) is 5.32 Å². The van der Waals surface area contributed by atoms with Crippen molar-refractivity contribution in [3.8, 4) is 0 Å². The van der Waals surface area contributed by atoms with Gasteiger partial charge in [-0.2, -0.15) is 0 Å². The minimum Gasteiger partial charge on any atom is -0.399 e. The third kappa shape index (κ3) is 4.40. The Morgan fingerprint density at radius 3 is 2.83 bits per heavy atom. The molecule has 3 nitrogen and oxygen atoms in total. The molecule has 1 aromatic carbocycles. The first-order chi connectivity index (χ1) is 8.75. The van der Waals surface area contributed by atoms with E-state index < -0.39 is 0 Å². The first-order valence-corrected chi connectivity index (χ1v) is 6.86. The van der Waals surface area contributed by atoms with Gasteiger partial charge >= 0.3 is 0 Å². The summed E-state index contributed by atoms with van der Waals surface area (Å²) >= 11 is 0. The van der Waals surface area contributed by atoms with E-state index in [0.717, 1.165) is 36.6 Å². The van der Waals surface area contributed by atoms with Crippen LogP contribution >= 0.6 is 0 Å². The van der Waals surface area contributed by atoms with Crippen LogP contribution in [0.2, 0.25) is 0 Å². The van der Waals surface area contributed by atoms with Crippen LogP contribution in [0.3, 0.4) is 0 Å². The average Bonchev–Trinajstić information content (AvgIpc) is 3.18. The molecule has 1 aliphatic carbocycles. The SMILES string of the molecule is Nc1ccccc1CCC(=O)NCCCC1CC1. The van der Waals surface area contributed by atoms with Crippen molar-refractivity contribution in [1.29, 1.82) is 0 Å². The Labute approximate surface area is 109 Å². The molecule has 3 N–H and O–H groups in total. The predicted octanol–water partition coefficient (Wildman–Crippen LogP) is 2.51. The van der Waals surface area contributed by atoms with Crippen LogP contribution < -0.4 is 11.1 Å². The van der Waals surface area contributed by atoms with Gasteiger partial charge in [0, 0.05) is 18.7 Å². The summed E-state index contributed by atoms with van der Waals surface area (Å²) in [6.07, 6.45) is 6.41. The maximum Gasteiger partial charge on any atom is 0.220 e. The van der Waals surface area contributed by atoms with Crippen molar-refractivity contribution in [2.45, 2.75) is 38.5 Å².